The van der Waals surface area contributed by atoms with Gasteiger partial charge in [0.25, 0.3) is 0 Å². The van der Waals surface area contributed by atoms with Crippen molar-refractivity contribution in [2.45, 2.75) is 45.3 Å². The molecule has 2 heterocycles. The van der Waals surface area contributed by atoms with E-state index in [2.05, 4.69) is 24.1 Å². The SMILES string of the molecule is CC(C)C1CCCN(C2CNCC2O)CC1. The van der Waals surface area contributed by atoms with E-state index in [4.69, 9.17) is 0 Å². The number of rotatable bonds is 2. The van der Waals surface area contributed by atoms with Gasteiger partial charge in [-0.2, -0.15) is 0 Å². The first-order valence-corrected chi connectivity index (χ1v) is 6.81. The van der Waals surface area contributed by atoms with Crippen LogP contribution >= 0.6 is 0 Å². The third-order valence-corrected chi connectivity index (χ3v) is 4.37. The number of hydrogen-bond donors (Lipinski definition) is 2. The van der Waals surface area contributed by atoms with Crippen LogP contribution in [0.2, 0.25) is 0 Å². The minimum atomic E-state index is -0.157. The Kier molecular flexibility index (Phi) is 4.22. The Bertz CT molecular complexity index is 220. The molecule has 0 aromatic heterocycles. The minimum absolute atomic E-state index is 0.157. The second-order valence-electron chi connectivity index (χ2n) is 5.76. The maximum atomic E-state index is 9.90. The first kappa shape index (κ1) is 12.3. The van der Waals surface area contributed by atoms with E-state index in [0.717, 1.165) is 24.9 Å². The molecule has 2 fully saturated rings. The number of β-amino-alcohol motifs (C(OH)–C–C–N with tert-alkyl or cyclic N) is 1. The van der Waals surface area contributed by atoms with Gasteiger partial charge in [0.15, 0.2) is 0 Å². The molecular formula is C13H26N2O. The van der Waals surface area contributed by atoms with Gasteiger partial charge in [-0.05, 0) is 44.2 Å². The molecule has 3 unspecified atom stereocenters. The van der Waals surface area contributed by atoms with Gasteiger partial charge >= 0.3 is 0 Å². The molecule has 0 saturated carbocycles. The van der Waals surface area contributed by atoms with Crippen molar-refractivity contribution in [3.05, 3.63) is 0 Å². The van der Waals surface area contributed by atoms with Gasteiger partial charge in [0, 0.05) is 19.1 Å². The quantitative estimate of drug-likeness (QED) is 0.739. The highest BCUT2D eigenvalue weighted by Gasteiger charge is 2.31. The van der Waals surface area contributed by atoms with Crippen LogP contribution < -0.4 is 5.32 Å². The van der Waals surface area contributed by atoms with E-state index in [9.17, 15) is 5.11 Å². The van der Waals surface area contributed by atoms with E-state index in [1.54, 1.807) is 0 Å². The maximum Gasteiger partial charge on any atom is 0.0831 e. The molecule has 3 atom stereocenters. The lowest BCUT2D eigenvalue weighted by Crippen LogP contribution is -2.43. The zero-order chi connectivity index (χ0) is 11.5. The molecule has 2 rings (SSSR count). The molecule has 0 aliphatic carbocycles. The summed E-state index contributed by atoms with van der Waals surface area (Å²) < 4.78 is 0. The molecule has 0 radical (unpaired) electrons. The lowest BCUT2D eigenvalue weighted by molar-refractivity contribution is 0.0841. The number of likely N-dealkylation sites (tertiary alicyclic amines) is 1. The van der Waals surface area contributed by atoms with E-state index >= 15 is 0 Å². The fraction of sp³-hybridized carbons (Fsp3) is 1.00. The fourth-order valence-corrected chi connectivity index (χ4v) is 3.17. The van der Waals surface area contributed by atoms with Crippen LogP contribution in [0.4, 0.5) is 0 Å². The normalized spacial score (nSPS) is 37.9. The standard InChI is InChI=1S/C13H26N2O/c1-10(2)11-4-3-6-15(7-5-11)12-8-14-9-13(12)16/h10-14,16H,3-9H2,1-2H3. The summed E-state index contributed by atoms with van der Waals surface area (Å²) in [5.74, 6) is 1.70. The minimum Gasteiger partial charge on any atom is -0.390 e. The second kappa shape index (κ2) is 5.48. The molecule has 3 nitrogen and oxygen atoms in total. The monoisotopic (exact) mass is 226 g/mol. The number of aliphatic hydroxyl groups is 1. The van der Waals surface area contributed by atoms with Gasteiger partial charge in [-0.25, -0.2) is 0 Å². The highest BCUT2D eigenvalue weighted by atomic mass is 16.3. The molecule has 0 aromatic rings. The Morgan fingerprint density at radius 1 is 1.19 bits per heavy atom. The van der Waals surface area contributed by atoms with Gasteiger partial charge in [-0.15, -0.1) is 0 Å². The van der Waals surface area contributed by atoms with Crippen LogP contribution in [0.5, 0.6) is 0 Å². The van der Waals surface area contributed by atoms with Crippen LogP contribution in [0.3, 0.4) is 0 Å². The van der Waals surface area contributed by atoms with Crippen LogP contribution in [0.25, 0.3) is 0 Å². The van der Waals surface area contributed by atoms with Crippen molar-refractivity contribution in [3.63, 3.8) is 0 Å². The third-order valence-electron chi connectivity index (χ3n) is 4.37. The topological polar surface area (TPSA) is 35.5 Å². The molecule has 3 heteroatoms. The molecule has 2 aliphatic heterocycles. The Labute approximate surface area is 99.2 Å². The summed E-state index contributed by atoms with van der Waals surface area (Å²) in [5, 5.41) is 13.2. The first-order chi connectivity index (χ1) is 7.68. The van der Waals surface area contributed by atoms with Crippen molar-refractivity contribution < 1.29 is 5.11 Å². The van der Waals surface area contributed by atoms with Gasteiger partial charge in [-0.1, -0.05) is 13.8 Å². The van der Waals surface area contributed by atoms with E-state index in [1.165, 1.54) is 32.4 Å². The molecule has 0 amide bonds. The summed E-state index contributed by atoms with van der Waals surface area (Å²) in [6.45, 7) is 8.76. The summed E-state index contributed by atoms with van der Waals surface area (Å²) >= 11 is 0. The smallest absolute Gasteiger partial charge is 0.0831 e. The van der Waals surface area contributed by atoms with E-state index in [0.29, 0.717) is 6.04 Å². The van der Waals surface area contributed by atoms with Crippen LogP contribution in [-0.2, 0) is 0 Å². The number of hydrogen-bond acceptors (Lipinski definition) is 3. The first-order valence-electron chi connectivity index (χ1n) is 6.81. The van der Waals surface area contributed by atoms with Crippen molar-refractivity contribution >= 4 is 0 Å². The molecule has 16 heavy (non-hydrogen) atoms. The Morgan fingerprint density at radius 2 is 2.00 bits per heavy atom. The molecule has 2 N–H and O–H groups in total. The second-order valence-corrected chi connectivity index (χ2v) is 5.76. The van der Waals surface area contributed by atoms with Crippen LogP contribution in [0, 0.1) is 11.8 Å². The highest BCUT2D eigenvalue weighted by Crippen LogP contribution is 2.26. The Hall–Kier alpha value is -0.120. The zero-order valence-electron chi connectivity index (χ0n) is 10.7. The molecule has 2 aliphatic rings. The average Bonchev–Trinajstić information content (AvgIpc) is 2.54. The molecule has 0 spiro atoms. The maximum absolute atomic E-state index is 9.90. The highest BCUT2D eigenvalue weighted by molar-refractivity contribution is 4.89. The van der Waals surface area contributed by atoms with E-state index < -0.39 is 0 Å². The molecule has 94 valence electrons. The van der Waals surface area contributed by atoms with Crippen LogP contribution in [0.15, 0.2) is 0 Å². The zero-order valence-corrected chi connectivity index (χ0v) is 10.7. The van der Waals surface area contributed by atoms with Gasteiger partial charge in [0.2, 0.25) is 0 Å². The van der Waals surface area contributed by atoms with Crippen molar-refractivity contribution in [1.82, 2.24) is 10.2 Å². The fourth-order valence-electron chi connectivity index (χ4n) is 3.17. The van der Waals surface area contributed by atoms with Gasteiger partial charge in [-0.3, -0.25) is 4.90 Å². The summed E-state index contributed by atoms with van der Waals surface area (Å²) in [5.41, 5.74) is 0. The molecule has 0 aromatic carbocycles. The van der Waals surface area contributed by atoms with Crippen molar-refractivity contribution in [3.8, 4) is 0 Å². The molecular weight excluding hydrogens is 200 g/mol. The number of aliphatic hydroxyl groups excluding tert-OH is 1. The number of nitrogens with one attached hydrogen (secondary N) is 1. The van der Waals surface area contributed by atoms with Gasteiger partial charge in [0.05, 0.1) is 6.10 Å². The van der Waals surface area contributed by atoms with E-state index in [-0.39, 0.29) is 6.10 Å². The summed E-state index contributed by atoms with van der Waals surface area (Å²) in [6, 6.07) is 0.367. The van der Waals surface area contributed by atoms with Crippen molar-refractivity contribution in [1.29, 1.82) is 0 Å². The van der Waals surface area contributed by atoms with Crippen molar-refractivity contribution in [2.75, 3.05) is 26.2 Å². The largest absolute Gasteiger partial charge is 0.390 e. The van der Waals surface area contributed by atoms with Crippen LogP contribution in [-0.4, -0.2) is 48.3 Å². The third kappa shape index (κ3) is 2.76. The lowest BCUT2D eigenvalue weighted by atomic mass is 9.89. The van der Waals surface area contributed by atoms with Gasteiger partial charge in [0.1, 0.15) is 0 Å². The Balaban J connectivity index is 1.88. The summed E-state index contributed by atoms with van der Waals surface area (Å²) in [4.78, 5) is 2.51. The van der Waals surface area contributed by atoms with E-state index in [1.807, 2.05) is 0 Å². The summed E-state index contributed by atoms with van der Waals surface area (Å²) in [6.07, 6.45) is 3.81. The van der Waals surface area contributed by atoms with Crippen molar-refractivity contribution in [2.24, 2.45) is 11.8 Å². The predicted molar refractivity (Wildman–Crippen MR) is 66.4 cm³/mol. The Morgan fingerprint density at radius 3 is 2.62 bits per heavy atom. The number of nitrogens with zero attached hydrogens (tertiary/aromatic N) is 1. The lowest BCUT2D eigenvalue weighted by Gasteiger charge is -2.29. The summed E-state index contributed by atoms with van der Waals surface area (Å²) in [7, 11) is 0. The predicted octanol–water partition coefficient (Wildman–Crippen LogP) is 1.08. The molecule has 2 saturated heterocycles. The van der Waals surface area contributed by atoms with Crippen LogP contribution in [0.1, 0.15) is 33.1 Å². The van der Waals surface area contributed by atoms with Gasteiger partial charge < -0.3 is 10.4 Å². The average molecular weight is 226 g/mol. The molecule has 0 bridgehead atoms.